The zero-order chi connectivity index (χ0) is 26.1. The molecule has 5 rings (SSSR count). The van der Waals surface area contributed by atoms with Crippen LogP contribution in [0.4, 0.5) is 5.69 Å². The number of carbonyl (C=O) groups excluding carboxylic acids is 2. The second-order valence-corrected chi connectivity index (χ2v) is 10.2. The number of benzene rings is 2. The molecule has 1 heterocycles. The second-order valence-electron chi connectivity index (χ2n) is 10.2. The van der Waals surface area contributed by atoms with E-state index in [1.165, 1.54) is 12.1 Å². The standard InChI is InChI=1S/C29H30N2O6/c1-17-26(29(34)37-21-10-6-3-7-11-21)27(19-12-13-24(32)23(15-19)31(35)36)28-22(30-17)14-20(16-25(28)33)18-8-4-2-5-9-18/h2,4-5,8-9,12-13,15,20-21,26-27,32H,3,6-7,10-11,14,16H2,1H3/p-1/t20-,26?,27-/m1/s1. The van der Waals surface area contributed by atoms with Gasteiger partial charge in [0, 0.05) is 35.4 Å². The van der Waals surface area contributed by atoms with Gasteiger partial charge in [0.05, 0.1) is 4.92 Å². The highest BCUT2D eigenvalue weighted by Crippen LogP contribution is 2.48. The summed E-state index contributed by atoms with van der Waals surface area (Å²) in [5.74, 6) is -3.07. The van der Waals surface area contributed by atoms with E-state index in [2.05, 4.69) is 0 Å². The van der Waals surface area contributed by atoms with Crippen LogP contribution in [0.3, 0.4) is 0 Å². The van der Waals surface area contributed by atoms with Crippen molar-refractivity contribution >= 4 is 23.2 Å². The number of hydrogen-bond donors (Lipinski definition) is 0. The molecule has 1 aliphatic heterocycles. The van der Waals surface area contributed by atoms with Crippen LogP contribution in [0.1, 0.15) is 74.8 Å². The largest absolute Gasteiger partial charge is 0.868 e. The van der Waals surface area contributed by atoms with Crippen LogP contribution in [0.2, 0.25) is 0 Å². The molecule has 2 aliphatic carbocycles. The highest BCUT2D eigenvalue weighted by Gasteiger charge is 2.45. The summed E-state index contributed by atoms with van der Waals surface area (Å²) in [5, 5.41) is 23.7. The van der Waals surface area contributed by atoms with Crippen LogP contribution in [-0.4, -0.2) is 28.5 Å². The molecular formula is C29H29N2O6-. The number of aliphatic imine (C=N–C) groups is 1. The van der Waals surface area contributed by atoms with Crippen molar-refractivity contribution in [3.63, 3.8) is 0 Å². The van der Waals surface area contributed by atoms with Gasteiger partial charge in [-0.25, -0.2) is 0 Å². The molecule has 2 aromatic carbocycles. The minimum atomic E-state index is -0.894. The van der Waals surface area contributed by atoms with Crippen LogP contribution in [0, 0.1) is 16.0 Å². The first-order valence-corrected chi connectivity index (χ1v) is 12.9. The van der Waals surface area contributed by atoms with Gasteiger partial charge in [0.25, 0.3) is 5.69 Å². The predicted octanol–water partition coefficient (Wildman–Crippen LogP) is 5.12. The van der Waals surface area contributed by atoms with Crippen LogP contribution in [0.25, 0.3) is 0 Å². The molecule has 0 amide bonds. The van der Waals surface area contributed by atoms with E-state index in [0.717, 1.165) is 43.7 Å². The lowest BCUT2D eigenvalue weighted by Gasteiger charge is -2.37. The highest BCUT2D eigenvalue weighted by atomic mass is 16.6. The summed E-state index contributed by atoms with van der Waals surface area (Å²) >= 11 is 0. The molecule has 37 heavy (non-hydrogen) atoms. The predicted molar refractivity (Wildman–Crippen MR) is 135 cm³/mol. The number of rotatable bonds is 5. The van der Waals surface area contributed by atoms with Crippen molar-refractivity contribution < 1.29 is 24.4 Å². The van der Waals surface area contributed by atoms with Gasteiger partial charge in [-0.15, -0.1) is 0 Å². The number of ketones is 1. The number of nitro benzene ring substituents is 1. The molecule has 192 valence electrons. The number of esters is 1. The first-order valence-electron chi connectivity index (χ1n) is 12.9. The average molecular weight is 502 g/mol. The van der Waals surface area contributed by atoms with Crippen LogP contribution in [0.15, 0.2) is 64.8 Å². The lowest BCUT2D eigenvalue weighted by Crippen LogP contribution is -2.39. The summed E-state index contributed by atoms with van der Waals surface area (Å²) in [6, 6.07) is 13.6. The van der Waals surface area contributed by atoms with E-state index in [1.54, 1.807) is 6.92 Å². The zero-order valence-electron chi connectivity index (χ0n) is 20.7. The minimum absolute atomic E-state index is 0.0475. The fraction of sp³-hybridized carbons (Fsp3) is 0.414. The molecule has 8 nitrogen and oxygen atoms in total. The van der Waals surface area contributed by atoms with Gasteiger partial charge >= 0.3 is 5.97 Å². The van der Waals surface area contributed by atoms with E-state index in [4.69, 9.17) is 9.73 Å². The maximum Gasteiger partial charge on any atom is 0.315 e. The minimum Gasteiger partial charge on any atom is -0.868 e. The fourth-order valence-electron chi connectivity index (χ4n) is 5.98. The number of nitrogens with zero attached hydrogens (tertiary/aromatic N) is 2. The third kappa shape index (κ3) is 4.92. The molecule has 0 saturated heterocycles. The van der Waals surface area contributed by atoms with Gasteiger partial charge in [-0.3, -0.25) is 24.7 Å². The summed E-state index contributed by atoms with van der Waals surface area (Å²) < 4.78 is 5.91. The molecule has 3 atom stereocenters. The number of allylic oxidation sites excluding steroid dienone is 2. The molecule has 0 radical (unpaired) electrons. The van der Waals surface area contributed by atoms with Gasteiger partial charge in [-0.2, -0.15) is 0 Å². The highest BCUT2D eigenvalue weighted by molar-refractivity contribution is 6.09. The third-order valence-electron chi connectivity index (χ3n) is 7.79. The van der Waals surface area contributed by atoms with Gasteiger partial charge in [-0.05, 0) is 61.8 Å². The quantitative estimate of drug-likeness (QED) is 0.318. The SMILES string of the molecule is CC1=NC2=C(C(=O)C[C@H](c3ccccc3)C2)[C@H](c2ccc([O-])c([N+](=O)[O-])c2)C1C(=O)OC1CCCCC1. The van der Waals surface area contributed by atoms with Gasteiger partial charge < -0.3 is 9.84 Å². The Hall–Kier alpha value is -3.81. The monoisotopic (exact) mass is 501 g/mol. The molecular weight excluding hydrogens is 472 g/mol. The van der Waals surface area contributed by atoms with E-state index in [9.17, 15) is 24.8 Å². The Bertz CT molecular complexity index is 1290. The topological polar surface area (TPSA) is 122 Å². The molecule has 3 aliphatic rings. The summed E-state index contributed by atoms with van der Waals surface area (Å²) in [4.78, 5) is 42.8. The first kappa shape index (κ1) is 24.9. The zero-order valence-corrected chi connectivity index (χ0v) is 20.7. The first-order chi connectivity index (χ1) is 17.8. The Morgan fingerprint density at radius 2 is 1.76 bits per heavy atom. The van der Waals surface area contributed by atoms with Gasteiger partial charge in [0.2, 0.25) is 0 Å². The van der Waals surface area contributed by atoms with E-state index < -0.39 is 34.2 Å². The second kappa shape index (κ2) is 10.3. The van der Waals surface area contributed by atoms with Crippen LogP contribution in [-0.2, 0) is 14.3 Å². The molecule has 0 spiro atoms. The lowest BCUT2D eigenvalue weighted by molar-refractivity contribution is -0.398. The van der Waals surface area contributed by atoms with Gasteiger partial charge in [0.1, 0.15) is 12.0 Å². The fourth-order valence-corrected chi connectivity index (χ4v) is 5.98. The smallest absolute Gasteiger partial charge is 0.315 e. The van der Waals surface area contributed by atoms with Gasteiger partial charge in [-0.1, -0.05) is 48.9 Å². The van der Waals surface area contributed by atoms with Crippen LogP contribution in [0.5, 0.6) is 5.75 Å². The van der Waals surface area contributed by atoms with Crippen molar-refractivity contribution in [1.29, 1.82) is 0 Å². The molecule has 8 heteroatoms. The molecule has 0 aromatic heterocycles. The molecule has 0 N–H and O–H groups in total. The Labute approximate surface area is 215 Å². The average Bonchev–Trinajstić information content (AvgIpc) is 2.89. The number of Topliss-reactive ketones (excluding diaryl/α,β-unsaturated/α-hetero) is 1. The Morgan fingerprint density at radius 3 is 2.46 bits per heavy atom. The lowest BCUT2D eigenvalue weighted by atomic mass is 9.69. The van der Waals surface area contributed by atoms with E-state index in [0.29, 0.717) is 29.0 Å². The summed E-state index contributed by atoms with van der Waals surface area (Å²) in [7, 11) is 0. The van der Waals surface area contributed by atoms with Crippen LogP contribution >= 0.6 is 0 Å². The van der Waals surface area contributed by atoms with Crippen molar-refractivity contribution in [2.45, 2.75) is 69.8 Å². The third-order valence-corrected chi connectivity index (χ3v) is 7.79. The van der Waals surface area contributed by atoms with Crippen molar-refractivity contribution in [1.82, 2.24) is 0 Å². The van der Waals surface area contributed by atoms with Gasteiger partial charge in [0.15, 0.2) is 5.78 Å². The van der Waals surface area contributed by atoms with Crippen molar-refractivity contribution in [2.75, 3.05) is 0 Å². The van der Waals surface area contributed by atoms with E-state index in [-0.39, 0.29) is 24.2 Å². The maximum absolute atomic E-state index is 13.7. The molecule has 1 fully saturated rings. The van der Waals surface area contributed by atoms with E-state index >= 15 is 0 Å². The summed E-state index contributed by atoms with van der Waals surface area (Å²) in [6.45, 7) is 1.75. The number of carbonyl (C=O) groups is 2. The normalized spacial score (nSPS) is 24.3. The summed E-state index contributed by atoms with van der Waals surface area (Å²) in [5.41, 5.74) is 2.35. The number of hydrogen-bond acceptors (Lipinski definition) is 7. The Morgan fingerprint density at radius 1 is 1.03 bits per heavy atom. The van der Waals surface area contributed by atoms with Crippen molar-refractivity contribution in [2.24, 2.45) is 10.9 Å². The molecule has 2 aromatic rings. The summed E-state index contributed by atoms with van der Waals surface area (Å²) in [6.07, 6.45) is 5.26. The molecule has 1 unspecified atom stereocenters. The Balaban J connectivity index is 1.57. The molecule has 1 saturated carbocycles. The van der Waals surface area contributed by atoms with Crippen molar-refractivity contribution in [3.05, 3.63) is 81.0 Å². The van der Waals surface area contributed by atoms with Crippen molar-refractivity contribution in [3.8, 4) is 5.75 Å². The Kier molecular flexibility index (Phi) is 6.91. The van der Waals surface area contributed by atoms with Crippen LogP contribution < -0.4 is 5.11 Å². The molecule has 0 bridgehead atoms. The maximum atomic E-state index is 13.7. The number of nitro groups is 1. The van der Waals surface area contributed by atoms with E-state index in [1.807, 2.05) is 30.3 Å². The number of ether oxygens (including phenoxy) is 1.